The predicted molar refractivity (Wildman–Crippen MR) is 110 cm³/mol. The van der Waals surface area contributed by atoms with E-state index in [0.29, 0.717) is 23.7 Å². The second-order valence-corrected chi connectivity index (χ2v) is 8.26. The molecule has 1 aliphatic rings. The van der Waals surface area contributed by atoms with E-state index in [4.69, 9.17) is 10.7 Å². The first-order chi connectivity index (χ1) is 11.7. The van der Waals surface area contributed by atoms with Crippen LogP contribution < -0.4 is 5.73 Å². The number of aromatic nitrogens is 1. The third kappa shape index (κ3) is 3.74. The normalized spacial score (nSPS) is 19.3. The highest BCUT2D eigenvalue weighted by molar-refractivity contribution is 5.88. The molecule has 0 saturated heterocycles. The lowest BCUT2D eigenvalue weighted by atomic mass is 9.77. The summed E-state index contributed by atoms with van der Waals surface area (Å²) < 4.78 is 0. The average Bonchev–Trinajstić information content (AvgIpc) is 2.84. The number of pyridine rings is 1. The first-order valence-electron chi connectivity index (χ1n) is 9.80. The largest absolute Gasteiger partial charge is 0.330 e. The van der Waals surface area contributed by atoms with Gasteiger partial charge in [0, 0.05) is 22.9 Å². The molecule has 0 aliphatic heterocycles. The van der Waals surface area contributed by atoms with Crippen LogP contribution in [0.5, 0.6) is 0 Å². The van der Waals surface area contributed by atoms with Gasteiger partial charge >= 0.3 is 0 Å². The number of nitrogens with zero attached hydrogens (tertiary/aromatic N) is 1. The smallest absolute Gasteiger partial charge is 0.0457 e. The van der Waals surface area contributed by atoms with Crippen LogP contribution >= 0.6 is 0 Å². The predicted octanol–water partition coefficient (Wildman–Crippen LogP) is 5.79. The molecule has 0 amide bonds. The van der Waals surface area contributed by atoms with Crippen molar-refractivity contribution in [2.45, 2.75) is 67.2 Å². The van der Waals surface area contributed by atoms with Crippen molar-refractivity contribution in [3.05, 3.63) is 46.3 Å². The van der Waals surface area contributed by atoms with E-state index in [1.165, 1.54) is 34.3 Å². The van der Waals surface area contributed by atoms with Gasteiger partial charge in [-0.1, -0.05) is 39.8 Å². The van der Waals surface area contributed by atoms with E-state index in [1.54, 1.807) is 0 Å². The van der Waals surface area contributed by atoms with Gasteiger partial charge in [-0.3, -0.25) is 4.98 Å². The lowest BCUT2D eigenvalue weighted by molar-refractivity contribution is 0.304. The van der Waals surface area contributed by atoms with Crippen LogP contribution in [0, 0.1) is 31.6 Å². The van der Waals surface area contributed by atoms with E-state index < -0.39 is 0 Å². The molecule has 138 valence electrons. The molecule has 1 aromatic heterocycles. The Morgan fingerprint density at radius 3 is 2.40 bits per heavy atom. The molecular formula is C23H36N2. The minimum atomic E-state index is 0.403. The summed E-state index contributed by atoms with van der Waals surface area (Å²) in [6, 6.07) is 2.29. The van der Waals surface area contributed by atoms with E-state index in [1.807, 2.05) is 0 Å². The number of aryl methyl sites for hydroxylation is 2. The first kappa shape index (κ1) is 19.9. The molecule has 0 fully saturated rings. The van der Waals surface area contributed by atoms with Crippen molar-refractivity contribution in [1.82, 2.24) is 4.98 Å². The van der Waals surface area contributed by atoms with Crippen molar-refractivity contribution in [1.29, 1.82) is 0 Å². The Bertz CT molecular complexity index is 682. The molecule has 2 rings (SSSR count). The molecule has 1 heterocycles. The van der Waals surface area contributed by atoms with Crippen molar-refractivity contribution < 1.29 is 0 Å². The lowest BCUT2D eigenvalue weighted by Gasteiger charge is -2.29. The quantitative estimate of drug-likeness (QED) is 0.682. The highest BCUT2D eigenvalue weighted by atomic mass is 14.7. The zero-order valence-corrected chi connectivity index (χ0v) is 17.2. The van der Waals surface area contributed by atoms with Crippen molar-refractivity contribution in [2.24, 2.45) is 23.5 Å². The van der Waals surface area contributed by atoms with Gasteiger partial charge in [0.15, 0.2) is 0 Å². The van der Waals surface area contributed by atoms with Crippen LogP contribution in [-0.2, 0) is 0 Å². The van der Waals surface area contributed by atoms with E-state index >= 15 is 0 Å². The summed E-state index contributed by atoms with van der Waals surface area (Å²) in [6.07, 6.45) is 2.14. The fraction of sp³-hybridized carbons (Fsp3) is 0.609. The third-order valence-electron chi connectivity index (χ3n) is 6.17. The van der Waals surface area contributed by atoms with Crippen molar-refractivity contribution in [3.8, 4) is 0 Å². The molecule has 1 aliphatic carbocycles. The van der Waals surface area contributed by atoms with Gasteiger partial charge in [0.1, 0.15) is 0 Å². The molecule has 25 heavy (non-hydrogen) atoms. The maximum Gasteiger partial charge on any atom is 0.0457 e. The van der Waals surface area contributed by atoms with Gasteiger partial charge in [-0.2, -0.15) is 0 Å². The molecule has 0 spiro atoms. The maximum atomic E-state index is 6.29. The van der Waals surface area contributed by atoms with Crippen LogP contribution in [0.3, 0.4) is 0 Å². The molecule has 3 unspecified atom stereocenters. The van der Waals surface area contributed by atoms with Crippen LogP contribution in [-0.4, -0.2) is 11.5 Å². The summed E-state index contributed by atoms with van der Waals surface area (Å²) in [5.74, 6) is 2.23. The molecule has 3 atom stereocenters. The van der Waals surface area contributed by atoms with Gasteiger partial charge < -0.3 is 5.73 Å². The van der Waals surface area contributed by atoms with Gasteiger partial charge in [0.05, 0.1) is 0 Å². The Morgan fingerprint density at radius 2 is 1.88 bits per heavy atom. The van der Waals surface area contributed by atoms with Crippen LogP contribution in [0.15, 0.2) is 23.8 Å². The minimum Gasteiger partial charge on any atom is -0.330 e. The standard InChI is InChI=1S/C23H36N2/c1-9-14(4)21-17(7)22(19(12-24)10-15(5)13(2)3)20-11-16(6)25-18(8)23(20)21/h11,13,15,19,22H,4,9-10,12,24H2,1-3,5-8H3. The molecule has 0 saturated carbocycles. The zero-order valence-electron chi connectivity index (χ0n) is 17.2. The monoisotopic (exact) mass is 340 g/mol. The van der Waals surface area contributed by atoms with Gasteiger partial charge in [-0.25, -0.2) is 0 Å². The Balaban J connectivity index is 2.58. The maximum absolute atomic E-state index is 6.29. The number of rotatable bonds is 7. The van der Waals surface area contributed by atoms with Crippen LogP contribution in [0.25, 0.3) is 5.57 Å². The zero-order chi connectivity index (χ0) is 18.9. The summed E-state index contributed by atoms with van der Waals surface area (Å²) in [4.78, 5) is 4.75. The van der Waals surface area contributed by atoms with Gasteiger partial charge in [0.25, 0.3) is 0 Å². The summed E-state index contributed by atoms with van der Waals surface area (Å²) in [5.41, 5.74) is 15.3. The van der Waals surface area contributed by atoms with E-state index in [2.05, 4.69) is 61.1 Å². The van der Waals surface area contributed by atoms with E-state index in [9.17, 15) is 0 Å². The number of fused-ring (bicyclic) bond motifs is 1. The van der Waals surface area contributed by atoms with Gasteiger partial charge in [-0.15, -0.1) is 0 Å². The topological polar surface area (TPSA) is 38.9 Å². The van der Waals surface area contributed by atoms with Crippen LogP contribution in [0.2, 0.25) is 0 Å². The molecule has 0 aromatic carbocycles. The lowest BCUT2D eigenvalue weighted by Crippen LogP contribution is -2.25. The van der Waals surface area contributed by atoms with Crippen molar-refractivity contribution in [3.63, 3.8) is 0 Å². The molecular weight excluding hydrogens is 304 g/mol. The molecule has 1 aromatic rings. The van der Waals surface area contributed by atoms with E-state index in [0.717, 1.165) is 24.4 Å². The molecule has 2 heteroatoms. The third-order valence-corrected chi connectivity index (χ3v) is 6.17. The SMILES string of the molecule is C=C(CC)C1=C(C)C(C(CN)CC(C)C(C)C)c2cc(C)nc(C)c21. The number of nitrogens with two attached hydrogens (primary N) is 1. The molecule has 2 nitrogen and oxygen atoms in total. The summed E-state index contributed by atoms with van der Waals surface area (Å²) in [7, 11) is 0. The fourth-order valence-electron chi connectivity index (χ4n) is 4.37. The second kappa shape index (κ2) is 7.86. The number of hydrogen-bond donors (Lipinski definition) is 1. The average molecular weight is 341 g/mol. The van der Waals surface area contributed by atoms with E-state index in [-0.39, 0.29) is 0 Å². The van der Waals surface area contributed by atoms with Gasteiger partial charge in [0.2, 0.25) is 0 Å². The number of hydrogen-bond acceptors (Lipinski definition) is 2. The molecule has 2 N–H and O–H groups in total. The van der Waals surface area contributed by atoms with Gasteiger partial charge in [-0.05, 0) is 80.7 Å². The Morgan fingerprint density at radius 1 is 1.24 bits per heavy atom. The molecule has 0 bridgehead atoms. The number of allylic oxidation sites excluding steroid dienone is 3. The summed E-state index contributed by atoms with van der Waals surface area (Å²) >= 11 is 0. The Labute approximate surface area is 154 Å². The highest BCUT2D eigenvalue weighted by Crippen LogP contribution is 2.50. The Kier molecular flexibility index (Phi) is 6.26. The van der Waals surface area contributed by atoms with Crippen LogP contribution in [0.4, 0.5) is 0 Å². The van der Waals surface area contributed by atoms with Crippen LogP contribution in [0.1, 0.15) is 75.9 Å². The fourth-order valence-corrected chi connectivity index (χ4v) is 4.37. The molecule has 0 radical (unpaired) electrons. The second-order valence-electron chi connectivity index (χ2n) is 8.26. The Hall–Kier alpha value is -1.41. The summed E-state index contributed by atoms with van der Waals surface area (Å²) in [5, 5.41) is 0. The summed E-state index contributed by atoms with van der Waals surface area (Å²) in [6.45, 7) is 20.8. The first-order valence-corrected chi connectivity index (χ1v) is 9.80. The minimum absolute atomic E-state index is 0.403. The highest BCUT2D eigenvalue weighted by Gasteiger charge is 2.36. The van der Waals surface area contributed by atoms with Crippen molar-refractivity contribution in [2.75, 3.05) is 6.54 Å². The van der Waals surface area contributed by atoms with Crippen molar-refractivity contribution >= 4 is 5.57 Å².